The Labute approximate surface area is 199 Å². The molecule has 0 aliphatic carbocycles. The van der Waals surface area contributed by atoms with Crippen LogP contribution >= 0.6 is 0 Å². The van der Waals surface area contributed by atoms with Crippen molar-refractivity contribution in [3.8, 4) is 22.3 Å². The number of pyridine rings is 1. The summed E-state index contributed by atoms with van der Waals surface area (Å²) in [6.45, 7) is 0.575. The van der Waals surface area contributed by atoms with E-state index in [1.54, 1.807) is 29.5 Å². The number of carbonyl (C=O) groups is 1. The first kappa shape index (κ1) is 20.5. The first-order valence-electron chi connectivity index (χ1n) is 11.0. The maximum atomic E-state index is 12.9. The third-order valence-electron chi connectivity index (χ3n) is 5.77. The van der Waals surface area contributed by atoms with E-state index in [0.717, 1.165) is 38.7 Å². The molecule has 0 aliphatic rings. The van der Waals surface area contributed by atoms with Gasteiger partial charge in [0.05, 0.1) is 30.1 Å². The number of carbonyl (C=O) groups excluding carboxylic acids is 1. The fourth-order valence-electron chi connectivity index (χ4n) is 4.06. The van der Waals surface area contributed by atoms with Gasteiger partial charge in [0.1, 0.15) is 0 Å². The molecule has 0 atom stereocenters. The molecule has 9 nitrogen and oxygen atoms in total. The molecule has 6 rings (SSSR count). The van der Waals surface area contributed by atoms with E-state index in [4.69, 9.17) is 0 Å². The molecule has 2 aromatic carbocycles. The Morgan fingerprint density at radius 1 is 0.943 bits per heavy atom. The number of anilines is 1. The molecular formula is C26H20N8O. The Balaban J connectivity index is 1.17. The van der Waals surface area contributed by atoms with Crippen LogP contribution in [0.15, 0.2) is 91.8 Å². The molecule has 4 aromatic heterocycles. The second kappa shape index (κ2) is 8.71. The van der Waals surface area contributed by atoms with Crippen LogP contribution in [0.1, 0.15) is 16.1 Å². The van der Waals surface area contributed by atoms with Gasteiger partial charge in [0.15, 0.2) is 5.69 Å². The van der Waals surface area contributed by atoms with Gasteiger partial charge in [-0.15, -0.1) is 0 Å². The molecule has 6 aromatic rings. The van der Waals surface area contributed by atoms with E-state index < -0.39 is 0 Å². The van der Waals surface area contributed by atoms with Gasteiger partial charge in [-0.3, -0.25) is 24.7 Å². The van der Waals surface area contributed by atoms with Crippen molar-refractivity contribution < 1.29 is 4.79 Å². The summed E-state index contributed by atoms with van der Waals surface area (Å²) in [5.74, 6) is -0.301. The molecule has 0 radical (unpaired) electrons. The smallest absolute Gasteiger partial charge is 0.276 e. The molecule has 1 amide bonds. The van der Waals surface area contributed by atoms with Crippen LogP contribution in [0, 0.1) is 0 Å². The van der Waals surface area contributed by atoms with Gasteiger partial charge in [0.25, 0.3) is 5.91 Å². The van der Waals surface area contributed by atoms with E-state index in [1.165, 1.54) is 0 Å². The van der Waals surface area contributed by atoms with Crippen molar-refractivity contribution in [2.24, 2.45) is 0 Å². The molecule has 3 N–H and O–H groups in total. The minimum absolute atomic E-state index is 0.301. The van der Waals surface area contributed by atoms with Crippen LogP contribution in [0.5, 0.6) is 0 Å². The zero-order valence-electron chi connectivity index (χ0n) is 18.5. The number of aromatic nitrogens is 7. The van der Waals surface area contributed by atoms with E-state index in [2.05, 4.69) is 47.9 Å². The summed E-state index contributed by atoms with van der Waals surface area (Å²) < 4.78 is 1.79. The van der Waals surface area contributed by atoms with Crippen LogP contribution in [0.3, 0.4) is 0 Å². The zero-order valence-corrected chi connectivity index (χ0v) is 18.5. The summed E-state index contributed by atoms with van der Waals surface area (Å²) >= 11 is 0. The third-order valence-corrected chi connectivity index (χ3v) is 5.77. The van der Waals surface area contributed by atoms with Gasteiger partial charge < -0.3 is 5.32 Å². The SMILES string of the molecule is O=C(Nc1cnn(Cc2cccc(-c3cccnc3)c2)c1)c1n[nH]c2cc(-c3cn[nH]c3)ccc12. The summed E-state index contributed by atoms with van der Waals surface area (Å²) in [7, 11) is 0. The van der Waals surface area contributed by atoms with Crippen LogP contribution in [0.4, 0.5) is 5.69 Å². The van der Waals surface area contributed by atoms with Crippen molar-refractivity contribution in [1.82, 2.24) is 35.2 Å². The molecule has 0 saturated carbocycles. The summed E-state index contributed by atoms with van der Waals surface area (Å²) in [4.78, 5) is 17.1. The van der Waals surface area contributed by atoms with Gasteiger partial charge >= 0.3 is 0 Å². The molecule has 0 aliphatic heterocycles. The lowest BCUT2D eigenvalue weighted by Gasteiger charge is -2.06. The molecule has 0 saturated heterocycles. The van der Waals surface area contributed by atoms with Crippen LogP contribution < -0.4 is 5.32 Å². The molecule has 4 heterocycles. The van der Waals surface area contributed by atoms with Crippen LogP contribution in [0.25, 0.3) is 33.2 Å². The van der Waals surface area contributed by atoms with Gasteiger partial charge in [-0.05, 0) is 46.5 Å². The highest BCUT2D eigenvalue weighted by atomic mass is 16.2. The number of amides is 1. The highest BCUT2D eigenvalue weighted by molar-refractivity contribution is 6.11. The second-order valence-corrected chi connectivity index (χ2v) is 8.14. The van der Waals surface area contributed by atoms with E-state index >= 15 is 0 Å². The molecule has 9 heteroatoms. The largest absolute Gasteiger partial charge is 0.318 e. The number of benzene rings is 2. The van der Waals surface area contributed by atoms with E-state index in [-0.39, 0.29) is 5.91 Å². The van der Waals surface area contributed by atoms with Crippen LogP contribution in [0.2, 0.25) is 0 Å². The summed E-state index contributed by atoms with van der Waals surface area (Å²) in [5.41, 5.74) is 6.91. The van der Waals surface area contributed by atoms with Crippen molar-refractivity contribution in [2.45, 2.75) is 6.54 Å². The Bertz CT molecular complexity index is 1620. The number of aromatic amines is 2. The molecule has 0 spiro atoms. The number of nitrogens with zero attached hydrogens (tertiary/aromatic N) is 5. The molecule has 0 fully saturated rings. The molecular weight excluding hydrogens is 440 g/mol. The summed E-state index contributed by atoms with van der Waals surface area (Å²) in [6, 6.07) is 18.0. The van der Waals surface area contributed by atoms with Crippen LogP contribution in [-0.4, -0.2) is 41.1 Å². The standard InChI is InChI=1S/C26H20N8O/c35-26(25-23-7-6-19(10-24(23)32-33-25)21-12-28-29-13-21)31-22-14-30-34(16-22)15-17-3-1-4-18(9-17)20-5-2-8-27-11-20/h1-14,16H,15H2,(H,28,29)(H,31,35)(H,32,33). The van der Waals surface area contributed by atoms with Crippen molar-refractivity contribution >= 4 is 22.5 Å². The Hall–Kier alpha value is -5.05. The first-order valence-corrected chi connectivity index (χ1v) is 11.0. The van der Waals surface area contributed by atoms with Crippen molar-refractivity contribution in [2.75, 3.05) is 5.32 Å². The van der Waals surface area contributed by atoms with Crippen LogP contribution in [-0.2, 0) is 6.54 Å². The number of hydrogen-bond donors (Lipinski definition) is 3. The fraction of sp³-hybridized carbons (Fsp3) is 0.0385. The number of rotatable bonds is 6. The first-order chi connectivity index (χ1) is 17.2. The van der Waals surface area contributed by atoms with E-state index in [0.29, 0.717) is 17.9 Å². The summed E-state index contributed by atoms with van der Waals surface area (Å²) in [5, 5.41) is 22.0. The fourth-order valence-corrected chi connectivity index (χ4v) is 4.06. The monoisotopic (exact) mass is 460 g/mol. The topological polar surface area (TPSA) is 117 Å². The van der Waals surface area contributed by atoms with E-state index in [9.17, 15) is 4.79 Å². The van der Waals surface area contributed by atoms with E-state index in [1.807, 2.05) is 54.9 Å². The number of fused-ring (bicyclic) bond motifs is 1. The highest BCUT2D eigenvalue weighted by Gasteiger charge is 2.16. The number of hydrogen-bond acceptors (Lipinski definition) is 5. The second-order valence-electron chi connectivity index (χ2n) is 8.14. The number of nitrogens with one attached hydrogen (secondary N) is 3. The van der Waals surface area contributed by atoms with Crippen molar-refractivity contribution in [3.05, 3.63) is 103 Å². The van der Waals surface area contributed by atoms with Crippen molar-refractivity contribution in [1.29, 1.82) is 0 Å². The van der Waals surface area contributed by atoms with Gasteiger partial charge in [-0.25, -0.2) is 0 Å². The van der Waals surface area contributed by atoms with Gasteiger partial charge in [0.2, 0.25) is 0 Å². The Morgan fingerprint density at radius 3 is 2.71 bits per heavy atom. The molecule has 0 bridgehead atoms. The lowest BCUT2D eigenvalue weighted by molar-refractivity contribution is 0.102. The van der Waals surface area contributed by atoms with Gasteiger partial charge in [-0.1, -0.05) is 30.3 Å². The quantitative estimate of drug-likeness (QED) is 0.338. The number of H-pyrrole nitrogens is 2. The predicted molar refractivity (Wildman–Crippen MR) is 133 cm³/mol. The average Bonchev–Trinajstić information content (AvgIpc) is 3.66. The predicted octanol–water partition coefficient (Wildman–Crippen LogP) is 4.51. The average molecular weight is 461 g/mol. The lowest BCUT2D eigenvalue weighted by atomic mass is 10.0. The minimum Gasteiger partial charge on any atom is -0.318 e. The maximum Gasteiger partial charge on any atom is 0.276 e. The van der Waals surface area contributed by atoms with Gasteiger partial charge in [0, 0.05) is 35.7 Å². The normalized spacial score (nSPS) is 11.1. The summed E-state index contributed by atoms with van der Waals surface area (Å²) in [6.07, 6.45) is 10.6. The minimum atomic E-state index is -0.301. The highest BCUT2D eigenvalue weighted by Crippen LogP contribution is 2.25. The van der Waals surface area contributed by atoms with Gasteiger partial charge in [-0.2, -0.15) is 15.3 Å². The Kier molecular flexibility index (Phi) is 5.12. The molecule has 35 heavy (non-hydrogen) atoms. The third kappa shape index (κ3) is 4.18. The lowest BCUT2D eigenvalue weighted by Crippen LogP contribution is -2.12. The Morgan fingerprint density at radius 2 is 1.86 bits per heavy atom. The zero-order chi connectivity index (χ0) is 23.6. The maximum absolute atomic E-state index is 12.9. The molecule has 0 unspecified atom stereocenters. The molecule has 170 valence electrons. The van der Waals surface area contributed by atoms with Crippen molar-refractivity contribution in [3.63, 3.8) is 0 Å².